The fourth-order valence-corrected chi connectivity index (χ4v) is 2.88. The zero-order chi connectivity index (χ0) is 14.7. The van der Waals surface area contributed by atoms with Crippen molar-refractivity contribution < 1.29 is 4.39 Å². The number of hydrogen-bond donors (Lipinski definition) is 2. The van der Waals surface area contributed by atoms with Crippen LogP contribution in [0.5, 0.6) is 0 Å². The summed E-state index contributed by atoms with van der Waals surface area (Å²) in [6, 6.07) is 10.8. The first-order valence-electron chi connectivity index (χ1n) is 5.87. The van der Waals surface area contributed by atoms with E-state index in [4.69, 9.17) is 17.4 Å². The summed E-state index contributed by atoms with van der Waals surface area (Å²) in [5, 5.41) is 0.0647. The first-order valence-corrected chi connectivity index (χ1v) is 7.84. The third-order valence-electron chi connectivity index (χ3n) is 3.02. The molecule has 0 aliphatic rings. The number of nitrogens with one attached hydrogen (secondary N) is 1. The lowest BCUT2D eigenvalue weighted by Gasteiger charge is -2.18. The van der Waals surface area contributed by atoms with Crippen LogP contribution in [0, 0.1) is 5.82 Å². The van der Waals surface area contributed by atoms with Crippen molar-refractivity contribution in [2.75, 3.05) is 0 Å². The van der Waals surface area contributed by atoms with Crippen LogP contribution in [0.15, 0.2) is 45.3 Å². The van der Waals surface area contributed by atoms with Gasteiger partial charge in [-0.25, -0.2) is 4.39 Å². The van der Waals surface area contributed by atoms with Gasteiger partial charge in [0.2, 0.25) is 0 Å². The van der Waals surface area contributed by atoms with E-state index in [9.17, 15) is 4.39 Å². The summed E-state index contributed by atoms with van der Waals surface area (Å²) in [7, 11) is 0. The maximum atomic E-state index is 14.2. The third kappa shape index (κ3) is 3.40. The zero-order valence-corrected chi connectivity index (χ0v) is 14.3. The SMILES string of the molecule is NNC(Cc1ccccc1Br)c1ccc(Br)c(Cl)c1F. The van der Waals surface area contributed by atoms with Gasteiger partial charge in [-0.05, 0) is 40.0 Å². The van der Waals surface area contributed by atoms with Gasteiger partial charge in [0.25, 0.3) is 0 Å². The lowest BCUT2D eigenvalue weighted by atomic mass is 9.99. The van der Waals surface area contributed by atoms with E-state index in [2.05, 4.69) is 37.3 Å². The van der Waals surface area contributed by atoms with Gasteiger partial charge < -0.3 is 0 Å². The van der Waals surface area contributed by atoms with E-state index in [1.807, 2.05) is 24.3 Å². The molecule has 0 aliphatic heterocycles. The van der Waals surface area contributed by atoms with Crippen LogP contribution >= 0.6 is 43.5 Å². The van der Waals surface area contributed by atoms with Crippen molar-refractivity contribution in [3.8, 4) is 0 Å². The lowest BCUT2D eigenvalue weighted by molar-refractivity contribution is 0.510. The van der Waals surface area contributed by atoms with Crippen molar-refractivity contribution in [1.82, 2.24) is 5.43 Å². The van der Waals surface area contributed by atoms with Gasteiger partial charge in [-0.3, -0.25) is 11.3 Å². The molecule has 2 rings (SSSR count). The highest BCUT2D eigenvalue weighted by Crippen LogP contribution is 2.32. The van der Waals surface area contributed by atoms with Crippen LogP contribution in [0.25, 0.3) is 0 Å². The highest BCUT2D eigenvalue weighted by atomic mass is 79.9. The molecule has 1 unspecified atom stereocenters. The highest BCUT2D eigenvalue weighted by molar-refractivity contribution is 9.10. The van der Waals surface area contributed by atoms with Crippen molar-refractivity contribution in [2.45, 2.75) is 12.5 Å². The second-order valence-electron chi connectivity index (χ2n) is 4.28. The van der Waals surface area contributed by atoms with Crippen LogP contribution in [0.3, 0.4) is 0 Å². The first kappa shape index (κ1) is 15.9. The molecule has 0 fully saturated rings. The Hall–Kier alpha value is -0.460. The largest absolute Gasteiger partial charge is 0.271 e. The van der Waals surface area contributed by atoms with Crippen molar-refractivity contribution in [2.24, 2.45) is 5.84 Å². The van der Waals surface area contributed by atoms with Gasteiger partial charge in [-0.1, -0.05) is 51.8 Å². The molecular weight excluding hydrogens is 410 g/mol. The predicted octanol–water partition coefficient (Wildman–Crippen LogP) is 4.75. The summed E-state index contributed by atoms with van der Waals surface area (Å²) < 4.78 is 15.7. The Kier molecular flexibility index (Phi) is 5.57. The van der Waals surface area contributed by atoms with Crippen LogP contribution in [-0.4, -0.2) is 0 Å². The molecule has 2 aromatic rings. The summed E-state index contributed by atoms with van der Waals surface area (Å²) >= 11 is 12.6. The maximum Gasteiger partial charge on any atom is 0.147 e. The molecule has 0 aromatic heterocycles. The average Bonchev–Trinajstić information content (AvgIpc) is 2.45. The maximum absolute atomic E-state index is 14.2. The average molecular weight is 423 g/mol. The second-order valence-corrected chi connectivity index (χ2v) is 6.37. The summed E-state index contributed by atoms with van der Waals surface area (Å²) in [4.78, 5) is 0. The lowest BCUT2D eigenvalue weighted by Crippen LogP contribution is -2.30. The molecule has 6 heteroatoms. The third-order valence-corrected chi connectivity index (χ3v) is 5.06. The van der Waals surface area contributed by atoms with Gasteiger partial charge in [0, 0.05) is 14.5 Å². The predicted molar refractivity (Wildman–Crippen MR) is 87.0 cm³/mol. The van der Waals surface area contributed by atoms with E-state index in [1.165, 1.54) is 0 Å². The van der Waals surface area contributed by atoms with Crippen molar-refractivity contribution in [3.63, 3.8) is 0 Å². The smallest absolute Gasteiger partial charge is 0.147 e. The monoisotopic (exact) mass is 420 g/mol. The molecule has 1 atom stereocenters. The van der Waals surface area contributed by atoms with Crippen molar-refractivity contribution in [1.29, 1.82) is 0 Å². The van der Waals surface area contributed by atoms with Gasteiger partial charge >= 0.3 is 0 Å². The molecule has 0 saturated heterocycles. The van der Waals surface area contributed by atoms with Gasteiger partial charge in [-0.15, -0.1) is 0 Å². The summed E-state index contributed by atoms with van der Waals surface area (Å²) in [5.41, 5.74) is 4.12. The van der Waals surface area contributed by atoms with E-state index >= 15 is 0 Å². The fourth-order valence-electron chi connectivity index (χ4n) is 1.95. The van der Waals surface area contributed by atoms with Gasteiger partial charge in [0.1, 0.15) is 5.82 Å². The number of rotatable bonds is 4. The van der Waals surface area contributed by atoms with Crippen LogP contribution in [0.1, 0.15) is 17.2 Å². The number of nitrogens with two attached hydrogens (primary N) is 1. The Balaban J connectivity index is 2.34. The van der Waals surface area contributed by atoms with E-state index in [1.54, 1.807) is 12.1 Å². The molecule has 0 spiro atoms. The van der Waals surface area contributed by atoms with E-state index in [-0.39, 0.29) is 11.1 Å². The molecule has 2 aromatic carbocycles. The number of halogens is 4. The Morgan fingerprint density at radius 3 is 2.50 bits per heavy atom. The Morgan fingerprint density at radius 1 is 1.15 bits per heavy atom. The minimum Gasteiger partial charge on any atom is -0.271 e. The van der Waals surface area contributed by atoms with Gasteiger partial charge in [0.05, 0.1) is 11.1 Å². The summed E-state index contributed by atoms with van der Waals surface area (Å²) in [6.45, 7) is 0. The van der Waals surface area contributed by atoms with Crippen molar-refractivity contribution in [3.05, 3.63) is 67.3 Å². The van der Waals surface area contributed by atoms with Gasteiger partial charge in [0.15, 0.2) is 0 Å². The fraction of sp³-hybridized carbons (Fsp3) is 0.143. The van der Waals surface area contributed by atoms with Crippen LogP contribution in [0.2, 0.25) is 5.02 Å². The molecule has 0 saturated carbocycles. The van der Waals surface area contributed by atoms with Crippen LogP contribution in [0.4, 0.5) is 4.39 Å². The molecule has 0 radical (unpaired) electrons. The summed E-state index contributed by atoms with van der Waals surface area (Å²) in [5.74, 6) is 5.11. The standard InChI is InChI=1S/C14H12Br2ClFN2/c15-10-4-2-1-3-8(10)7-12(20-19)9-5-6-11(16)13(17)14(9)18/h1-6,12,20H,7,19H2. The Labute approximate surface area is 138 Å². The molecule has 106 valence electrons. The minimum absolute atomic E-state index is 0.0647. The Bertz CT molecular complexity index is 622. The van der Waals surface area contributed by atoms with Crippen molar-refractivity contribution >= 4 is 43.5 Å². The van der Waals surface area contributed by atoms with E-state index in [0.717, 1.165) is 10.0 Å². The number of hydrazine groups is 1. The molecule has 0 aliphatic carbocycles. The zero-order valence-electron chi connectivity index (χ0n) is 10.3. The van der Waals surface area contributed by atoms with E-state index < -0.39 is 5.82 Å². The molecule has 20 heavy (non-hydrogen) atoms. The molecule has 0 bridgehead atoms. The normalized spacial score (nSPS) is 12.4. The quantitative estimate of drug-likeness (QED) is 0.424. The second kappa shape index (κ2) is 7.00. The topological polar surface area (TPSA) is 38.0 Å². The number of benzene rings is 2. The molecular formula is C14H12Br2ClFN2. The molecule has 3 N–H and O–H groups in total. The molecule has 2 nitrogen and oxygen atoms in total. The molecule has 0 heterocycles. The Morgan fingerprint density at radius 2 is 1.85 bits per heavy atom. The minimum atomic E-state index is -0.462. The van der Waals surface area contributed by atoms with Crippen LogP contribution < -0.4 is 11.3 Å². The van der Waals surface area contributed by atoms with Crippen LogP contribution in [-0.2, 0) is 6.42 Å². The first-order chi connectivity index (χ1) is 9.54. The van der Waals surface area contributed by atoms with Gasteiger partial charge in [-0.2, -0.15) is 0 Å². The highest BCUT2D eigenvalue weighted by Gasteiger charge is 2.19. The van der Waals surface area contributed by atoms with E-state index in [0.29, 0.717) is 16.5 Å². The number of hydrogen-bond acceptors (Lipinski definition) is 2. The summed E-state index contributed by atoms with van der Waals surface area (Å²) in [6.07, 6.45) is 0.548. The molecule has 0 amide bonds.